The number of rotatable bonds is 7. The van der Waals surface area contributed by atoms with Gasteiger partial charge in [0.05, 0.1) is 25.0 Å². The maximum atomic E-state index is 12.8. The van der Waals surface area contributed by atoms with Gasteiger partial charge in [-0.1, -0.05) is 42.5 Å². The van der Waals surface area contributed by atoms with Crippen molar-refractivity contribution in [2.24, 2.45) is 5.10 Å². The van der Waals surface area contributed by atoms with Crippen LogP contribution in [0.2, 0.25) is 0 Å². The third-order valence-corrected chi connectivity index (χ3v) is 4.38. The molecule has 7 nitrogen and oxygen atoms in total. The Morgan fingerprint density at radius 2 is 1.59 bits per heavy atom. The number of benzene rings is 3. The van der Waals surface area contributed by atoms with E-state index < -0.39 is 11.8 Å². The number of carbonyl (C=O) groups excluding carboxylic acids is 2. The molecule has 0 aliphatic carbocycles. The fourth-order valence-electron chi connectivity index (χ4n) is 2.68. The van der Waals surface area contributed by atoms with E-state index in [-0.39, 0.29) is 5.70 Å². The van der Waals surface area contributed by atoms with E-state index in [1.165, 1.54) is 6.21 Å². The minimum Gasteiger partial charge on any atom is -0.497 e. The Labute approximate surface area is 185 Å². The summed E-state index contributed by atoms with van der Waals surface area (Å²) in [5.41, 5.74) is 4.79. The van der Waals surface area contributed by atoms with Crippen molar-refractivity contribution in [1.82, 2.24) is 10.7 Å². The summed E-state index contributed by atoms with van der Waals surface area (Å²) in [7, 11) is 1.57. The zero-order chi connectivity index (χ0) is 22.8. The topological polar surface area (TPSA) is 104 Å². The first-order chi connectivity index (χ1) is 15.6. The Morgan fingerprint density at radius 3 is 2.22 bits per heavy atom. The Hall–Kier alpha value is -4.70. The number of hydrazone groups is 1. The van der Waals surface area contributed by atoms with Crippen LogP contribution in [0.3, 0.4) is 0 Å². The monoisotopic (exact) mass is 424 g/mol. The highest BCUT2D eigenvalue weighted by Crippen LogP contribution is 2.14. The molecular formula is C25H20N4O3. The molecule has 7 heteroatoms. The van der Waals surface area contributed by atoms with E-state index in [4.69, 9.17) is 10.00 Å². The third-order valence-electron chi connectivity index (χ3n) is 4.38. The molecule has 0 atom stereocenters. The van der Waals surface area contributed by atoms with Gasteiger partial charge in [-0.05, 0) is 53.6 Å². The van der Waals surface area contributed by atoms with Gasteiger partial charge in [-0.25, -0.2) is 5.43 Å². The third kappa shape index (κ3) is 6.15. The average Bonchev–Trinajstić information content (AvgIpc) is 2.85. The van der Waals surface area contributed by atoms with E-state index in [2.05, 4.69) is 15.8 Å². The van der Waals surface area contributed by atoms with Crippen molar-refractivity contribution in [1.29, 1.82) is 5.26 Å². The van der Waals surface area contributed by atoms with Crippen molar-refractivity contribution in [2.75, 3.05) is 7.11 Å². The number of methoxy groups -OCH3 is 1. The first-order valence-corrected chi connectivity index (χ1v) is 9.65. The number of nitrogens with zero attached hydrogens (tertiary/aromatic N) is 2. The molecule has 0 fully saturated rings. The predicted octanol–water partition coefficient (Wildman–Crippen LogP) is 3.49. The van der Waals surface area contributed by atoms with Crippen molar-refractivity contribution >= 4 is 24.1 Å². The van der Waals surface area contributed by atoms with Crippen molar-refractivity contribution < 1.29 is 14.3 Å². The van der Waals surface area contributed by atoms with Crippen LogP contribution in [0.25, 0.3) is 6.08 Å². The molecule has 0 saturated carbocycles. The summed E-state index contributed by atoms with van der Waals surface area (Å²) in [6.45, 7) is 0. The average molecular weight is 424 g/mol. The van der Waals surface area contributed by atoms with Crippen LogP contribution in [0.4, 0.5) is 0 Å². The quantitative estimate of drug-likeness (QED) is 0.344. The van der Waals surface area contributed by atoms with Crippen LogP contribution < -0.4 is 15.5 Å². The summed E-state index contributed by atoms with van der Waals surface area (Å²) >= 11 is 0. The standard InChI is InChI=1S/C25H20N4O3/c1-32-22-13-11-18(12-14-22)15-23(28-24(30)21-5-3-2-4-6-21)25(31)29-27-17-20-9-7-19(16-26)8-10-20/h2-15,17H,1H3,(H,28,30)(H,29,31)/b23-15-,27-17-. The van der Waals surface area contributed by atoms with E-state index >= 15 is 0 Å². The van der Waals surface area contributed by atoms with Crippen LogP contribution in [0.1, 0.15) is 27.0 Å². The highest BCUT2D eigenvalue weighted by Gasteiger charge is 2.14. The minimum atomic E-state index is -0.588. The minimum absolute atomic E-state index is 0.0287. The van der Waals surface area contributed by atoms with E-state index in [9.17, 15) is 9.59 Å². The van der Waals surface area contributed by atoms with Gasteiger partial charge in [0, 0.05) is 5.56 Å². The molecule has 0 aliphatic heterocycles. The smallest absolute Gasteiger partial charge is 0.287 e. The van der Waals surface area contributed by atoms with Gasteiger partial charge in [-0.15, -0.1) is 0 Å². The van der Waals surface area contributed by atoms with Gasteiger partial charge in [0.25, 0.3) is 11.8 Å². The maximum Gasteiger partial charge on any atom is 0.287 e. The molecule has 0 aliphatic rings. The molecule has 3 aromatic rings. The first kappa shape index (κ1) is 22.0. The Balaban J connectivity index is 1.78. The lowest BCUT2D eigenvalue weighted by Crippen LogP contribution is -2.32. The second-order valence-corrected chi connectivity index (χ2v) is 6.58. The molecule has 0 heterocycles. The van der Waals surface area contributed by atoms with Crippen LogP contribution in [0, 0.1) is 11.3 Å². The van der Waals surface area contributed by atoms with E-state index in [1.54, 1.807) is 92.0 Å². The molecule has 2 N–H and O–H groups in total. The van der Waals surface area contributed by atoms with Gasteiger partial charge < -0.3 is 10.1 Å². The number of nitrogens with one attached hydrogen (secondary N) is 2. The number of amides is 2. The number of carbonyl (C=O) groups is 2. The van der Waals surface area contributed by atoms with E-state index in [0.29, 0.717) is 28.0 Å². The largest absolute Gasteiger partial charge is 0.497 e. The molecule has 2 amide bonds. The van der Waals surface area contributed by atoms with Gasteiger partial charge in [0.1, 0.15) is 11.4 Å². The second kappa shape index (κ2) is 10.9. The second-order valence-electron chi connectivity index (χ2n) is 6.58. The number of ether oxygens (including phenoxy) is 1. The van der Waals surface area contributed by atoms with Crippen LogP contribution in [-0.2, 0) is 4.79 Å². The van der Waals surface area contributed by atoms with E-state index in [0.717, 1.165) is 0 Å². The van der Waals surface area contributed by atoms with Crippen LogP contribution in [0.15, 0.2) is 89.7 Å². The van der Waals surface area contributed by atoms with Gasteiger partial charge >= 0.3 is 0 Å². The molecule has 0 bridgehead atoms. The summed E-state index contributed by atoms with van der Waals surface area (Å²) in [5.74, 6) is -0.333. The number of hydrogen-bond donors (Lipinski definition) is 2. The van der Waals surface area contributed by atoms with Crippen LogP contribution in [0.5, 0.6) is 5.75 Å². The molecule has 3 rings (SSSR count). The zero-order valence-electron chi connectivity index (χ0n) is 17.3. The highest BCUT2D eigenvalue weighted by molar-refractivity contribution is 6.05. The molecule has 3 aromatic carbocycles. The fraction of sp³-hybridized carbons (Fsp3) is 0.0400. The van der Waals surface area contributed by atoms with Crippen LogP contribution in [-0.4, -0.2) is 25.1 Å². The van der Waals surface area contributed by atoms with Gasteiger partial charge in [-0.2, -0.15) is 10.4 Å². The number of hydrogen-bond acceptors (Lipinski definition) is 5. The molecule has 0 aromatic heterocycles. The summed E-state index contributed by atoms with van der Waals surface area (Å²) in [6.07, 6.45) is 3.00. The summed E-state index contributed by atoms with van der Waals surface area (Å²) in [4.78, 5) is 25.3. The van der Waals surface area contributed by atoms with Crippen LogP contribution >= 0.6 is 0 Å². The summed E-state index contributed by atoms with van der Waals surface area (Å²) < 4.78 is 5.15. The SMILES string of the molecule is COc1ccc(/C=C(\NC(=O)c2ccccc2)C(=O)N/N=C\c2ccc(C#N)cc2)cc1. The number of nitriles is 1. The summed E-state index contributed by atoms with van der Waals surface area (Å²) in [6, 6.07) is 24.4. The van der Waals surface area contributed by atoms with Crippen molar-refractivity contribution in [3.8, 4) is 11.8 Å². The molecule has 0 saturated heterocycles. The van der Waals surface area contributed by atoms with Gasteiger partial charge in [-0.3, -0.25) is 9.59 Å². The Bertz CT molecular complexity index is 1180. The van der Waals surface area contributed by atoms with E-state index in [1.807, 2.05) is 6.07 Å². The first-order valence-electron chi connectivity index (χ1n) is 9.65. The summed E-state index contributed by atoms with van der Waals surface area (Å²) in [5, 5.41) is 15.4. The van der Waals surface area contributed by atoms with Gasteiger partial charge in [0.2, 0.25) is 0 Å². The molecular weight excluding hydrogens is 404 g/mol. The van der Waals surface area contributed by atoms with Gasteiger partial charge in [0.15, 0.2) is 0 Å². The van der Waals surface area contributed by atoms with Crippen molar-refractivity contribution in [2.45, 2.75) is 0 Å². The maximum absolute atomic E-state index is 12.8. The predicted molar refractivity (Wildman–Crippen MR) is 122 cm³/mol. The molecule has 32 heavy (non-hydrogen) atoms. The lowest BCUT2D eigenvalue weighted by Gasteiger charge is -2.09. The molecule has 0 radical (unpaired) electrons. The Morgan fingerprint density at radius 1 is 0.938 bits per heavy atom. The Kier molecular flexibility index (Phi) is 7.49. The lowest BCUT2D eigenvalue weighted by atomic mass is 10.1. The van der Waals surface area contributed by atoms with Crippen molar-refractivity contribution in [3.05, 3.63) is 107 Å². The zero-order valence-corrected chi connectivity index (χ0v) is 17.3. The van der Waals surface area contributed by atoms with Crippen molar-refractivity contribution in [3.63, 3.8) is 0 Å². The fourth-order valence-corrected chi connectivity index (χ4v) is 2.68. The normalized spacial score (nSPS) is 10.9. The molecule has 0 unspecified atom stereocenters. The molecule has 0 spiro atoms. The lowest BCUT2D eigenvalue weighted by molar-refractivity contribution is -0.117. The highest BCUT2D eigenvalue weighted by atomic mass is 16.5. The molecule has 158 valence electrons.